The van der Waals surface area contributed by atoms with E-state index in [9.17, 15) is 9.59 Å². The second kappa shape index (κ2) is 11.6. The zero-order chi connectivity index (χ0) is 15.1. The first kappa shape index (κ1) is 23.4. The molecule has 0 bridgehead atoms. The van der Waals surface area contributed by atoms with E-state index in [1.807, 2.05) is 6.92 Å². The van der Waals surface area contributed by atoms with Crippen molar-refractivity contribution in [2.75, 3.05) is 18.9 Å². The first-order valence-corrected chi connectivity index (χ1v) is 7.08. The lowest BCUT2D eigenvalue weighted by Crippen LogP contribution is -2.35. The fourth-order valence-corrected chi connectivity index (χ4v) is 1.71. The Balaban J connectivity index is 0. The number of pyridine rings is 1. The van der Waals surface area contributed by atoms with E-state index in [1.165, 1.54) is 4.90 Å². The number of hydrogen-bond donors (Lipinski definition) is 2. The second-order valence-electron chi connectivity index (χ2n) is 4.68. The van der Waals surface area contributed by atoms with Crippen molar-refractivity contribution in [1.29, 1.82) is 0 Å². The van der Waals surface area contributed by atoms with Crippen molar-refractivity contribution in [1.82, 2.24) is 9.88 Å². The molecule has 1 atom stereocenters. The van der Waals surface area contributed by atoms with Crippen molar-refractivity contribution in [3.63, 3.8) is 0 Å². The molecule has 1 unspecified atom stereocenters. The number of carbonyl (C=O) groups is 2. The summed E-state index contributed by atoms with van der Waals surface area (Å²) in [5.41, 5.74) is 5.59. The van der Waals surface area contributed by atoms with Crippen LogP contribution in [0.2, 0.25) is 0 Å². The van der Waals surface area contributed by atoms with Gasteiger partial charge in [-0.05, 0) is 41.4 Å². The summed E-state index contributed by atoms with van der Waals surface area (Å²) in [6.45, 7) is 1.84. The molecule has 126 valence electrons. The summed E-state index contributed by atoms with van der Waals surface area (Å²) in [7, 11) is 1.60. The number of nitrogens with zero attached hydrogens (tertiary/aromatic N) is 2. The van der Waals surface area contributed by atoms with Crippen molar-refractivity contribution >= 4 is 58.4 Å². The van der Waals surface area contributed by atoms with Crippen LogP contribution in [0.4, 0.5) is 5.82 Å². The molecule has 0 spiro atoms. The van der Waals surface area contributed by atoms with Gasteiger partial charge in [0.05, 0.1) is 6.54 Å². The second-order valence-corrected chi connectivity index (χ2v) is 5.59. The highest BCUT2D eigenvalue weighted by atomic mass is 79.9. The molecule has 9 heteroatoms. The van der Waals surface area contributed by atoms with Crippen LogP contribution in [0.3, 0.4) is 0 Å². The van der Waals surface area contributed by atoms with Crippen molar-refractivity contribution in [2.45, 2.75) is 25.8 Å². The molecule has 0 aliphatic heterocycles. The van der Waals surface area contributed by atoms with Gasteiger partial charge in [0.25, 0.3) is 0 Å². The first-order valence-electron chi connectivity index (χ1n) is 6.29. The molecule has 6 nitrogen and oxygen atoms in total. The molecule has 0 aliphatic carbocycles. The minimum absolute atomic E-state index is 0. The van der Waals surface area contributed by atoms with Crippen LogP contribution in [0.1, 0.15) is 19.8 Å². The van der Waals surface area contributed by atoms with E-state index in [0.29, 0.717) is 18.7 Å². The fraction of sp³-hybridized carbons (Fsp3) is 0.462. The third-order valence-electron chi connectivity index (χ3n) is 2.61. The number of hydrogen-bond acceptors (Lipinski definition) is 4. The molecule has 0 fully saturated rings. The molecule has 3 N–H and O–H groups in total. The number of aromatic nitrogens is 1. The van der Waals surface area contributed by atoms with Crippen molar-refractivity contribution in [3.05, 3.63) is 22.8 Å². The number of amides is 2. The number of halogens is 3. The predicted molar refractivity (Wildman–Crippen MR) is 95.6 cm³/mol. The van der Waals surface area contributed by atoms with Crippen LogP contribution < -0.4 is 11.1 Å². The van der Waals surface area contributed by atoms with Gasteiger partial charge in [-0.1, -0.05) is 0 Å². The summed E-state index contributed by atoms with van der Waals surface area (Å²) < 4.78 is 0.832. The lowest BCUT2D eigenvalue weighted by molar-refractivity contribution is -0.133. The monoisotopic (exact) mass is 414 g/mol. The third-order valence-corrected chi connectivity index (χ3v) is 3.08. The lowest BCUT2D eigenvalue weighted by atomic mass is 10.2. The van der Waals surface area contributed by atoms with Gasteiger partial charge in [-0.15, -0.1) is 24.8 Å². The molecule has 1 aromatic rings. The molecule has 1 rings (SSSR count). The van der Waals surface area contributed by atoms with Crippen molar-refractivity contribution < 1.29 is 9.59 Å². The molecular weight excluding hydrogens is 395 g/mol. The Kier molecular flexibility index (Phi) is 12.4. The molecule has 0 saturated heterocycles. The summed E-state index contributed by atoms with van der Waals surface area (Å²) in [5, 5.41) is 2.63. The average Bonchev–Trinajstić information content (AvgIpc) is 2.38. The maximum absolute atomic E-state index is 11.8. The maximum Gasteiger partial charge on any atom is 0.245 e. The lowest BCUT2D eigenvalue weighted by Gasteiger charge is -2.17. The molecule has 1 heterocycles. The Morgan fingerprint density at radius 2 is 2.05 bits per heavy atom. The Hall–Kier alpha value is -0.890. The van der Waals surface area contributed by atoms with E-state index in [0.717, 1.165) is 4.47 Å². The molecule has 0 saturated carbocycles. The average molecular weight is 416 g/mol. The third kappa shape index (κ3) is 9.19. The maximum atomic E-state index is 11.8. The summed E-state index contributed by atoms with van der Waals surface area (Å²) in [5.74, 6) is 0.0762. The molecule has 0 radical (unpaired) electrons. The minimum atomic E-state index is -0.281. The van der Waals surface area contributed by atoms with Crippen LogP contribution in [0, 0.1) is 0 Å². The Labute approximate surface area is 151 Å². The normalized spacial score (nSPS) is 10.7. The van der Waals surface area contributed by atoms with E-state index in [-0.39, 0.29) is 49.2 Å². The topological polar surface area (TPSA) is 88.3 Å². The predicted octanol–water partition coefficient (Wildman–Crippen LogP) is 2.21. The summed E-state index contributed by atoms with van der Waals surface area (Å²) in [6.07, 6.45) is 2.55. The van der Waals surface area contributed by atoms with Gasteiger partial charge in [-0.25, -0.2) is 4.98 Å². The molecule has 0 aromatic carbocycles. The van der Waals surface area contributed by atoms with Crippen LogP contribution in [-0.4, -0.2) is 41.3 Å². The van der Waals surface area contributed by atoms with Gasteiger partial charge in [0.15, 0.2) is 0 Å². The molecule has 1 aromatic heterocycles. The van der Waals surface area contributed by atoms with Gasteiger partial charge in [0.1, 0.15) is 5.82 Å². The van der Waals surface area contributed by atoms with Gasteiger partial charge in [-0.3, -0.25) is 9.59 Å². The SMILES string of the molecule is CC(N)CCC(=O)N(C)CC(=O)Nc1ccc(Br)cn1.Cl.Cl. The van der Waals surface area contributed by atoms with E-state index in [2.05, 4.69) is 26.2 Å². The van der Waals surface area contributed by atoms with Crippen LogP contribution in [0.5, 0.6) is 0 Å². The largest absolute Gasteiger partial charge is 0.336 e. The van der Waals surface area contributed by atoms with Crippen LogP contribution in [-0.2, 0) is 9.59 Å². The summed E-state index contributed by atoms with van der Waals surface area (Å²) in [6, 6.07) is 3.44. The number of likely N-dealkylation sites (N-methyl/N-ethyl adjacent to an activating group) is 1. The van der Waals surface area contributed by atoms with E-state index in [4.69, 9.17) is 5.73 Å². The van der Waals surface area contributed by atoms with Gasteiger partial charge < -0.3 is 16.0 Å². The van der Waals surface area contributed by atoms with E-state index >= 15 is 0 Å². The Morgan fingerprint density at radius 1 is 1.41 bits per heavy atom. The van der Waals surface area contributed by atoms with Gasteiger partial charge in [0.2, 0.25) is 11.8 Å². The smallest absolute Gasteiger partial charge is 0.245 e. The van der Waals surface area contributed by atoms with Crippen molar-refractivity contribution in [2.24, 2.45) is 5.73 Å². The summed E-state index contributed by atoms with van der Waals surface area (Å²) in [4.78, 5) is 28.9. The van der Waals surface area contributed by atoms with Gasteiger partial charge in [-0.2, -0.15) is 0 Å². The van der Waals surface area contributed by atoms with Crippen LogP contribution in [0.25, 0.3) is 0 Å². The highest BCUT2D eigenvalue weighted by Gasteiger charge is 2.13. The Bertz CT molecular complexity index is 472. The first-order chi connectivity index (χ1) is 9.38. The zero-order valence-corrected chi connectivity index (χ0v) is 15.6. The number of nitrogens with two attached hydrogens (primary N) is 1. The minimum Gasteiger partial charge on any atom is -0.336 e. The van der Waals surface area contributed by atoms with Gasteiger partial charge in [0, 0.05) is 30.2 Å². The van der Waals surface area contributed by atoms with Crippen LogP contribution >= 0.6 is 40.7 Å². The number of anilines is 1. The highest BCUT2D eigenvalue weighted by Crippen LogP contribution is 2.10. The van der Waals surface area contributed by atoms with E-state index in [1.54, 1.807) is 25.4 Å². The quantitative estimate of drug-likeness (QED) is 0.745. The molecular formula is C13H21BrCl2N4O2. The number of nitrogens with one attached hydrogen (secondary N) is 1. The van der Waals surface area contributed by atoms with Gasteiger partial charge >= 0.3 is 0 Å². The van der Waals surface area contributed by atoms with E-state index < -0.39 is 0 Å². The van der Waals surface area contributed by atoms with Crippen LogP contribution in [0.15, 0.2) is 22.8 Å². The number of rotatable bonds is 6. The highest BCUT2D eigenvalue weighted by molar-refractivity contribution is 9.10. The number of carbonyl (C=O) groups excluding carboxylic acids is 2. The Morgan fingerprint density at radius 3 is 2.55 bits per heavy atom. The standard InChI is InChI=1S/C13H19BrN4O2.2ClH/c1-9(15)3-6-13(20)18(2)8-12(19)17-11-5-4-10(14)7-16-11;;/h4-5,7,9H,3,6,8,15H2,1-2H3,(H,16,17,19);2*1H. The zero-order valence-electron chi connectivity index (χ0n) is 12.4. The molecule has 2 amide bonds. The van der Waals surface area contributed by atoms with Crippen molar-refractivity contribution in [3.8, 4) is 0 Å². The molecule has 22 heavy (non-hydrogen) atoms. The molecule has 0 aliphatic rings. The fourth-order valence-electron chi connectivity index (χ4n) is 1.48. The summed E-state index contributed by atoms with van der Waals surface area (Å²) >= 11 is 3.26.